The smallest absolute Gasteiger partial charge is 0.183 e. The minimum Gasteiger partial charge on any atom is -0.351 e. The first-order valence-corrected chi connectivity index (χ1v) is 7.36. The van der Waals surface area contributed by atoms with Gasteiger partial charge in [0.25, 0.3) is 0 Å². The van der Waals surface area contributed by atoms with E-state index in [1.807, 2.05) is 24.5 Å². The summed E-state index contributed by atoms with van der Waals surface area (Å²) in [6, 6.07) is 6.10. The van der Waals surface area contributed by atoms with Gasteiger partial charge in [-0.2, -0.15) is 0 Å². The van der Waals surface area contributed by atoms with Crippen LogP contribution < -0.4 is 0 Å². The van der Waals surface area contributed by atoms with Crippen LogP contribution >= 0.6 is 0 Å². The van der Waals surface area contributed by atoms with Gasteiger partial charge in [-0.3, -0.25) is 4.79 Å². The van der Waals surface area contributed by atoms with Crippen molar-refractivity contribution in [1.82, 2.24) is 14.4 Å². The third kappa shape index (κ3) is 1.82. The van der Waals surface area contributed by atoms with Crippen LogP contribution in [-0.4, -0.2) is 20.2 Å². The van der Waals surface area contributed by atoms with Crippen LogP contribution in [0.15, 0.2) is 36.9 Å². The summed E-state index contributed by atoms with van der Waals surface area (Å²) in [4.78, 5) is 20.1. The van der Waals surface area contributed by atoms with E-state index in [-0.39, 0.29) is 11.7 Å². The summed E-state index contributed by atoms with van der Waals surface area (Å²) in [5, 5.41) is 0. The number of carbonyl (C=O) groups excluding carboxylic acids is 1. The SMILES string of the molecule is Cc1c2c(n3ccccc13)C(=O)C(Cc1c[nH]cn1)CC2. The largest absolute Gasteiger partial charge is 0.351 e. The van der Waals surface area contributed by atoms with Gasteiger partial charge in [0.1, 0.15) is 0 Å². The molecule has 0 amide bonds. The van der Waals surface area contributed by atoms with Crippen molar-refractivity contribution in [3.63, 3.8) is 0 Å². The van der Waals surface area contributed by atoms with E-state index in [1.54, 1.807) is 6.33 Å². The molecule has 1 N–H and O–H groups in total. The summed E-state index contributed by atoms with van der Waals surface area (Å²) in [5.41, 5.74) is 5.47. The van der Waals surface area contributed by atoms with Gasteiger partial charge in [-0.25, -0.2) is 4.98 Å². The minimum absolute atomic E-state index is 0.0403. The molecule has 1 aliphatic rings. The zero-order valence-corrected chi connectivity index (χ0v) is 12.0. The van der Waals surface area contributed by atoms with Gasteiger partial charge < -0.3 is 9.38 Å². The highest BCUT2D eigenvalue weighted by atomic mass is 16.1. The Kier molecular flexibility index (Phi) is 2.70. The van der Waals surface area contributed by atoms with E-state index < -0.39 is 0 Å². The van der Waals surface area contributed by atoms with Gasteiger partial charge in [0.2, 0.25) is 0 Å². The van der Waals surface area contributed by atoms with Gasteiger partial charge in [-0.1, -0.05) is 6.07 Å². The first kappa shape index (κ1) is 12.4. The first-order valence-electron chi connectivity index (χ1n) is 7.36. The number of pyridine rings is 1. The average Bonchev–Trinajstić information content (AvgIpc) is 3.10. The second-order valence-electron chi connectivity index (χ2n) is 5.77. The molecule has 0 saturated heterocycles. The summed E-state index contributed by atoms with van der Waals surface area (Å²) in [5.74, 6) is 0.298. The third-order valence-electron chi connectivity index (χ3n) is 4.58. The molecule has 21 heavy (non-hydrogen) atoms. The van der Waals surface area contributed by atoms with Crippen molar-refractivity contribution in [3.05, 3.63) is 59.4 Å². The molecular weight excluding hydrogens is 262 g/mol. The van der Waals surface area contributed by atoms with E-state index in [4.69, 9.17) is 0 Å². The molecule has 0 fully saturated rings. The fraction of sp³-hybridized carbons (Fsp3) is 0.294. The summed E-state index contributed by atoms with van der Waals surface area (Å²) >= 11 is 0. The van der Waals surface area contributed by atoms with Gasteiger partial charge in [-0.15, -0.1) is 0 Å². The highest BCUT2D eigenvalue weighted by Gasteiger charge is 2.32. The molecule has 3 heterocycles. The molecule has 0 bridgehead atoms. The highest BCUT2D eigenvalue weighted by Crippen LogP contribution is 2.33. The van der Waals surface area contributed by atoms with Crippen LogP contribution in [0, 0.1) is 12.8 Å². The molecule has 0 radical (unpaired) electrons. The van der Waals surface area contributed by atoms with Gasteiger partial charge in [0.05, 0.1) is 17.7 Å². The first-order chi connectivity index (χ1) is 10.3. The molecule has 1 atom stereocenters. The average molecular weight is 279 g/mol. The van der Waals surface area contributed by atoms with Crippen molar-refractivity contribution in [2.75, 3.05) is 0 Å². The Labute approximate surface area is 122 Å². The van der Waals surface area contributed by atoms with E-state index in [0.717, 1.165) is 36.2 Å². The number of imidazole rings is 1. The quantitative estimate of drug-likeness (QED) is 0.784. The van der Waals surface area contributed by atoms with Gasteiger partial charge >= 0.3 is 0 Å². The number of nitrogens with one attached hydrogen (secondary N) is 1. The van der Waals surface area contributed by atoms with Crippen molar-refractivity contribution in [1.29, 1.82) is 0 Å². The maximum Gasteiger partial charge on any atom is 0.183 e. The maximum atomic E-state index is 12.9. The predicted octanol–water partition coefficient (Wildman–Crippen LogP) is 2.96. The second-order valence-corrected chi connectivity index (χ2v) is 5.77. The molecule has 0 spiro atoms. The number of carbonyl (C=O) groups is 1. The Bertz CT molecular complexity index is 814. The van der Waals surface area contributed by atoms with E-state index in [1.165, 1.54) is 11.1 Å². The summed E-state index contributed by atoms with van der Waals surface area (Å²) < 4.78 is 2.06. The van der Waals surface area contributed by atoms with E-state index in [9.17, 15) is 4.79 Å². The lowest BCUT2D eigenvalue weighted by Gasteiger charge is -2.21. The van der Waals surface area contributed by atoms with Crippen LogP contribution in [-0.2, 0) is 12.8 Å². The van der Waals surface area contributed by atoms with Crippen LogP contribution in [0.5, 0.6) is 0 Å². The van der Waals surface area contributed by atoms with E-state index in [2.05, 4.69) is 27.4 Å². The number of hydrogen-bond donors (Lipinski definition) is 1. The van der Waals surface area contributed by atoms with Gasteiger partial charge in [-0.05, 0) is 43.0 Å². The van der Waals surface area contributed by atoms with Crippen molar-refractivity contribution < 1.29 is 4.79 Å². The maximum absolute atomic E-state index is 12.9. The Morgan fingerprint density at radius 2 is 2.33 bits per heavy atom. The number of aromatic nitrogens is 3. The highest BCUT2D eigenvalue weighted by molar-refractivity contribution is 6.01. The summed E-state index contributed by atoms with van der Waals surface area (Å²) in [6.07, 6.45) is 8.16. The molecule has 3 aromatic rings. The molecular formula is C17H17N3O. The van der Waals surface area contributed by atoms with Crippen molar-refractivity contribution in [3.8, 4) is 0 Å². The number of H-pyrrole nitrogens is 1. The van der Waals surface area contributed by atoms with Crippen LogP contribution in [0.25, 0.3) is 5.52 Å². The van der Waals surface area contributed by atoms with Crippen LogP contribution in [0.2, 0.25) is 0 Å². The molecule has 1 aliphatic carbocycles. The number of aryl methyl sites for hydroxylation is 1. The molecule has 0 aromatic carbocycles. The number of nitrogens with zero attached hydrogens (tertiary/aromatic N) is 2. The van der Waals surface area contributed by atoms with E-state index >= 15 is 0 Å². The zero-order valence-electron chi connectivity index (χ0n) is 12.0. The Morgan fingerprint density at radius 3 is 3.14 bits per heavy atom. The number of ketones is 1. The topological polar surface area (TPSA) is 50.2 Å². The molecule has 1 unspecified atom stereocenters. The summed E-state index contributed by atoms with van der Waals surface area (Å²) in [7, 11) is 0. The van der Waals surface area contributed by atoms with Gasteiger partial charge in [0.15, 0.2) is 5.78 Å². The third-order valence-corrected chi connectivity index (χ3v) is 4.58. The van der Waals surface area contributed by atoms with Crippen LogP contribution in [0.1, 0.15) is 33.7 Å². The molecule has 106 valence electrons. The van der Waals surface area contributed by atoms with Crippen LogP contribution in [0.3, 0.4) is 0 Å². The molecule has 0 aliphatic heterocycles. The Balaban J connectivity index is 1.79. The lowest BCUT2D eigenvalue weighted by atomic mass is 9.83. The van der Waals surface area contributed by atoms with Crippen molar-refractivity contribution in [2.24, 2.45) is 5.92 Å². The van der Waals surface area contributed by atoms with Crippen molar-refractivity contribution in [2.45, 2.75) is 26.2 Å². The standard InChI is InChI=1S/C17H17N3O/c1-11-14-6-5-12(8-13-9-18-10-19-13)17(21)16(14)20-7-3-2-4-15(11)20/h2-4,7,9-10,12H,5-6,8H2,1H3,(H,18,19). The van der Waals surface area contributed by atoms with E-state index in [0.29, 0.717) is 0 Å². The lowest BCUT2D eigenvalue weighted by Crippen LogP contribution is -2.25. The lowest BCUT2D eigenvalue weighted by molar-refractivity contribution is 0.0894. The monoisotopic (exact) mass is 279 g/mol. The van der Waals surface area contributed by atoms with Crippen LogP contribution in [0.4, 0.5) is 0 Å². The minimum atomic E-state index is 0.0403. The van der Waals surface area contributed by atoms with Crippen molar-refractivity contribution >= 4 is 11.3 Å². The number of aromatic amines is 1. The fourth-order valence-corrected chi connectivity index (χ4v) is 3.49. The zero-order chi connectivity index (χ0) is 14.4. The van der Waals surface area contributed by atoms with Gasteiger partial charge in [0, 0.05) is 30.2 Å². The Morgan fingerprint density at radius 1 is 1.43 bits per heavy atom. The predicted molar refractivity (Wildman–Crippen MR) is 80.6 cm³/mol. The molecule has 3 aromatic heterocycles. The summed E-state index contributed by atoms with van der Waals surface area (Å²) in [6.45, 7) is 2.12. The number of hydrogen-bond acceptors (Lipinski definition) is 2. The molecule has 4 nitrogen and oxygen atoms in total. The number of fused-ring (bicyclic) bond motifs is 3. The molecule has 0 saturated carbocycles. The Hall–Kier alpha value is -2.36. The second kappa shape index (κ2) is 4.58. The number of rotatable bonds is 2. The normalized spacial score (nSPS) is 18.1. The molecule has 4 heteroatoms. The molecule has 4 rings (SSSR count). The number of Topliss-reactive ketones (excluding diaryl/α,β-unsaturated/α-hetero) is 1. The fourth-order valence-electron chi connectivity index (χ4n) is 3.49.